The zero-order chi connectivity index (χ0) is 21.0. The molecule has 1 heterocycles. The van der Waals surface area contributed by atoms with Gasteiger partial charge >= 0.3 is 0 Å². The van der Waals surface area contributed by atoms with E-state index < -0.39 is 0 Å². The highest BCUT2D eigenvalue weighted by atomic mass is 31.0. The summed E-state index contributed by atoms with van der Waals surface area (Å²) in [6.07, 6.45) is 1.04. The minimum absolute atomic E-state index is 0. The number of nitrogens with two attached hydrogens (primary N) is 1. The molecule has 7 nitrogen and oxygen atoms in total. The van der Waals surface area contributed by atoms with Gasteiger partial charge < -0.3 is 25.5 Å². The molecule has 0 saturated heterocycles. The second-order valence-electron chi connectivity index (χ2n) is 7.93. The van der Waals surface area contributed by atoms with Crippen molar-refractivity contribution < 1.29 is 13.9 Å². The number of methoxy groups -OCH3 is 1. The number of fused-ring (bicyclic) bond motifs is 1. The predicted octanol–water partition coefficient (Wildman–Crippen LogP) is 5.42. The molecule has 3 radical (unpaired) electrons. The quantitative estimate of drug-likeness (QED) is 0.435. The van der Waals surface area contributed by atoms with Gasteiger partial charge in [-0.15, -0.1) is 0 Å². The molecule has 159 valence electrons. The Balaban J connectivity index is 0.00000320. The number of amides is 1. The highest BCUT2D eigenvalue weighted by Gasteiger charge is 2.16. The number of benzene rings is 2. The van der Waals surface area contributed by atoms with E-state index in [9.17, 15) is 4.79 Å². The number of carbonyl (C=O) groups is 1. The van der Waals surface area contributed by atoms with Gasteiger partial charge in [0.25, 0.3) is 6.01 Å². The molecule has 0 bridgehead atoms. The van der Waals surface area contributed by atoms with E-state index in [4.69, 9.17) is 14.9 Å². The predicted molar refractivity (Wildman–Crippen MR) is 123 cm³/mol. The van der Waals surface area contributed by atoms with Gasteiger partial charge in [-0.05, 0) is 48.2 Å². The van der Waals surface area contributed by atoms with E-state index >= 15 is 0 Å². The second-order valence-corrected chi connectivity index (χ2v) is 7.93. The Morgan fingerprint density at radius 2 is 1.97 bits per heavy atom. The van der Waals surface area contributed by atoms with Crippen LogP contribution >= 0.6 is 9.90 Å². The molecule has 1 amide bonds. The van der Waals surface area contributed by atoms with Crippen molar-refractivity contribution in [3.05, 3.63) is 42.0 Å². The lowest BCUT2D eigenvalue weighted by Crippen LogP contribution is -2.13. The number of hydrogen-bond donors (Lipinski definition) is 3. The van der Waals surface area contributed by atoms with E-state index in [1.807, 2.05) is 18.2 Å². The summed E-state index contributed by atoms with van der Waals surface area (Å²) < 4.78 is 11.3. The van der Waals surface area contributed by atoms with Gasteiger partial charge in [0.1, 0.15) is 11.3 Å². The number of carbonyl (C=O) groups excluding carboxylic acids is 1. The van der Waals surface area contributed by atoms with Crippen molar-refractivity contribution >= 4 is 44.3 Å². The normalized spacial score (nSPS) is 11.1. The van der Waals surface area contributed by atoms with Crippen LogP contribution in [-0.2, 0) is 10.2 Å². The Morgan fingerprint density at radius 3 is 2.63 bits per heavy atom. The molecule has 0 fully saturated rings. The van der Waals surface area contributed by atoms with Crippen LogP contribution < -0.4 is 21.1 Å². The van der Waals surface area contributed by atoms with Crippen LogP contribution in [0.15, 0.2) is 40.8 Å². The van der Waals surface area contributed by atoms with Gasteiger partial charge in [-0.25, -0.2) is 0 Å². The Labute approximate surface area is 180 Å². The Morgan fingerprint density at radius 1 is 1.20 bits per heavy atom. The Hall–Kier alpha value is -2.63. The smallest absolute Gasteiger partial charge is 0.300 e. The van der Waals surface area contributed by atoms with Crippen LogP contribution in [0.4, 0.5) is 17.4 Å². The molecule has 0 aliphatic heterocycles. The summed E-state index contributed by atoms with van der Waals surface area (Å²) in [5.41, 5.74) is 9.52. The SMILES string of the molecule is COc1cc(NC(=O)CCCN)ccc1Nc1nc2cc(C(C)(C)C)ccc2o1.[P]. The first-order valence-corrected chi connectivity index (χ1v) is 9.66. The van der Waals surface area contributed by atoms with Gasteiger partial charge in [0.15, 0.2) is 5.58 Å². The third-order valence-electron chi connectivity index (χ3n) is 4.59. The van der Waals surface area contributed by atoms with Gasteiger partial charge in [-0.1, -0.05) is 26.8 Å². The van der Waals surface area contributed by atoms with Crippen LogP contribution in [0, 0.1) is 0 Å². The van der Waals surface area contributed by atoms with Crippen LogP contribution in [0.1, 0.15) is 39.2 Å². The molecule has 4 N–H and O–H groups in total. The van der Waals surface area contributed by atoms with Crippen LogP contribution in [0.3, 0.4) is 0 Å². The highest BCUT2D eigenvalue weighted by molar-refractivity contribution is 6.92. The molecule has 30 heavy (non-hydrogen) atoms. The third-order valence-corrected chi connectivity index (χ3v) is 4.59. The lowest BCUT2D eigenvalue weighted by atomic mass is 9.87. The molecule has 0 aliphatic carbocycles. The summed E-state index contributed by atoms with van der Waals surface area (Å²) >= 11 is 0. The molecule has 0 unspecified atom stereocenters. The minimum Gasteiger partial charge on any atom is -0.494 e. The number of oxazole rings is 1. The number of aromatic nitrogens is 1. The van der Waals surface area contributed by atoms with Gasteiger partial charge in [-0.2, -0.15) is 4.98 Å². The van der Waals surface area contributed by atoms with Crippen molar-refractivity contribution in [3.63, 3.8) is 0 Å². The first-order chi connectivity index (χ1) is 13.8. The first-order valence-electron chi connectivity index (χ1n) is 9.66. The monoisotopic (exact) mass is 427 g/mol. The van der Waals surface area contributed by atoms with E-state index in [0.717, 1.165) is 5.52 Å². The maximum atomic E-state index is 11.9. The van der Waals surface area contributed by atoms with Crippen LogP contribution in [0.5, 0.6) is 5.75 Å². The lowest BCUT2D eigenvalue weighted by molar-refractivity contribution is -0.116. The van der Waals surface area contributed by atoms with Gasteiger partial charge in [0, 0.05) is 28.1 Å². The van der Waals surface area contributed by atoms with Crippen molar-refractivity contribution in [2.75, 3.05) is 24.3 Å². The fraction of sp³-hybridized carbons (Fsp3) is 0.364. The molecule has 8 heteroatoms. The molecule has 0 spiro atoms. The number of nitrogens with one attached hydrogen (secondary N) is 2. The number of ether oxygens (including phenoxy) is 1. The van der Waals surface area contributed by atoms with Crippen LogP contribution in [-0.4, -0.2) is 24.5 Å². The summed E-state index contributed by atoms with van der Waals surface area (Å²) in [5, 5.41) is 6.00. The van der Waals surface area contributed by atoms with Crippen molar-refractivity contribution in [1.82, 2.24) is 4.98 Å². The molecule has 0 atom stereocenters. The maximum absolute atomic E-state index is 11.9. The minimum atomic E-state index is -0.0770. The van der Waals surface area contributed by atoms with E-state index in [1.54, 1.807) is 19.2 Å². The molecule has 1 aromatic heterocycles. The van der Waals surface area contributed by atoms with Crippen molar-refractivity contribution in [3.8, 4) is 5.75 Å². The Bertz CT molecular complexity index is 1010. The van der Waals surface area contributed by atoms with Gasteiger partial charge in [0.2, 0.25) is 5.91 Å². The number of rotatable bonds is 7. The zero-order valence-corrected chi connectivity index (χ0v) is 18.7. The van der Waals surface area contributed by atoms with Gasteiger partial charge in [-0.3, -0.25) is 4.79 Å². The zero-order valence-electron chi connectivity index (χ0n) is 17.8. The van der Waals surface area contributed by atoms with Crippen molar-refractivity contribution in [1.29, 1.82) is 0 Å². The molecule has 0 saturated carbocycles. The summed E-state index contributed by atoms with van der Waals surface area (Å²) in [6, 6.07) is 11.8. The summed E-state index contributed by atoms with van der Waals surface area (Å²) in [4.78, 5) is 16.4. The molecule has 3 aromatic rings. The summed E-state index contributed by atoms with van der Waals surface area (Å²) in [6.45, 7) is 6.97. The van der Waals surface area contributed by atoms with Gasteiger partial charge in [0.05, 0.1) is 12.8 Å². The fourth-order valence-electron chi connectivity index (χ4n) is 2.92. The third kappa shape index (κ3) is 5.71. The Kier molecular flexibility index (Phi) is 7.82. The molecule has 0 aliphatic rings. The molecular weight excluding hydrogens is 399 g/mol. The summed E-state index contributed by atoms with van der Waals surface area (Å²) in [5.74, 6) is 0.492. The van der Waals surface area contributed by atoms with E-state index in [2.05, 4.69) is 42.5 Å². The first kappa shape index (κ1) is 23.6. The highest BCUT2D eigenvalue weighted by Crippen LogP contribution is 2.32. The average molecular weight is 427 g/mol. The largest absolute Gasteiger partial charge is 0.494 e. The number of anilines is 3. The number of hydrogen-bond acceptors (Lipinski definition) is 6. The second kappa shape index (κ2) is 9.92. The topological polar surface area (TPSA) is 102 Å². The number of nitrogens with zero attached hydrogens (tertiary/aromatic N) is 1. The molecule has 3 rings (SSSR count). The van der Waals surface area contributed by atoms with Crippen molar-refractivity contribution in [2.45, 2.75) is 39.0 Å². The standard InChI is InChI=1S/C22H28N4O3.P/c1-22(2,3)14-7-10-18-17(12-14)26-21(29-18)25-16-9-8-15(13-19(16)28-4)24-20(27)6-5-11-23;/h7-10,12-13H,5-6,11,23H2,1-4H3,(H,24,27)(H,25,26);. The van der Waals surface area contributed by atoms with E-state index in [0.29, 0.717) is 48.1 Å². The lowest BCUT2D eigenvalue weighted by Gasteiger charge is -2.18. The maximum Gasteiger partial charge on any atom is 0.300 e. The molecule has 2 aromatic carbocycles. The fourth-order valence-corrected chi connectivity index (χ4v) is 2.92. The molecular formula is C22H28N4O3P. The van der Waals surface area contributed by atoms with Crippen molar-refractivity contribution in [2.24, 2.45) is 5.73 Å². The van der Waals surface area contributed by atoms with Crippen LogP contribution in [0.2, 0.25) is 0 Å². The van der Waals surface area contributed by atoms with E-state index in [-0.39, 0.29) is 21.2 Å². The summed E-state index contributed by atoms with van der Waals surface area (Å²) in [7, 11) is 1.57. The average Bonchev–Trinajstić information content (AvgIpc) is 3.08. The van der Waals surface area contributed by atoms with Crippen LogP contribution in [0.25, 0.3) is 11.1 Å². The van der Waals surface area contributed by atoms with E-state index in [1.165, 1.54) is 5.56 Å².